The van der Waals surface area contributed by atoms with Crippen molar-refractivity contribution in [2.24, 2.45) is 5.41 Å². The summed E-state index contributed by atoms with van der Waals surface area (Å²) >= 11 is 0. The number of aryl methyl sites for hydroxylation is 1. The van der Waals surface area contributed by atoms with Crippen molar-refractivity contribution in [2.45, 2.75) is 46.6 Å². The van der Waals surface area contributed by atoms with Gasteiger partial charge in [-0.3, -0.25) is 9.78 Å². The molecule has 0 unspecified atom stereocenters. The van der Waals surface area contributed by atoms with Crippen molar-refractivity contribution >= 4 is 17.0 Å². The Labute approximate surface area is 125 Å². The van der Waals surface area contributed by atoms with Crippen LogP contribution in [0.2, 0.25) is 0 Å². The number of pyridine rings is 1. The van der Waals surface area contributed by atoms with Crippen LogP contribution in [0.25, 0.3) is 11.0 Å². The molecule has 5 nitrogen and oxygen atoms in total. The lowest BCUT2D eigenvalue weighted by Crippen LogP contribution is -2.26. The second-order valence-electron chi connectivity index (χ2n) is 5.86. The summed E-state index contributed by atoms with van der Waals surface area (Å²) in [7, 11) is 0. The Bertz CT molecular complexity index is 604. The molecule has 0 aliphatic carbocycles. The Balaban J connectivity index is 1.83. The Morgan fingerprint density at radius 1 is 1.38 bits per heavy atom. The van der Waals surface area contributed by atoms with Crippen LogP contribution in [0.5, 0.6) is 0 Å². The van der Waals surface area contributed by atoms with Gasteiger partial charge >= 0.3 is 5.97 Å². The van der Waals surface area contributed by atoms with Gasteiger partial charge in [-0.1, -0.05) is 6.42 Å². The minimum Gasteiger partial charge on any atom is -0.466 e. The topological polar surface area (TPSA) is 57.0 Å². The largest absolute Gasteiger partial charge is 0.466 e. The Morgan fingerprint density at radius 2 is 2.19 bits per heavy atom. The van der Waals surface area contributed by atoms with Crippen LogP contribution in [-0.2, 0) is 16.1 Å². The summed E-state index contributed by atoms with van der Waals surface area (Å²) < 4.78 is 7.24. The molecule has 0 aliphatic rings. The predicted molar refractivity (Wildman–Crippen MR) is 81.8 cm³/mol. The number of hydrogen-bond donors (Lipinski definition) is 0. The fourth-order valence-corrected chi connectivity index (χ4v) is 2.37. The molecule has 21 heavy (non-hydrogen) atoms. The molecule has 5 heteroatoms. The average molecular weight is 289 g/mol. The molecule has 0 radical (unpaired) electrons. The van der Waals surface area contributed by atoms with E-state index in [4.69, 9.17) is 4.74 Å². The zero-order chi connectivity index (χ0) is 15.3. The van der Waals surface area contributed by atoms with Gasteiger partial charge in [0.05, 0.1) is 30.1 Å². The number of carbonyl (C=O) groups is 1. The molecular weight excluding hydrogens is 266 g/mol. The number of imidazole rings is 1. The third kappa shape index (κ3) is 3.80. The normalized spacial score (nSPS) is 11.8. The first-order chi connectivity index (χ1) is 10.0. The number of rotatable bonds is 7. The first-order valence-corrected chi connectivity index (χ1v) is 7.46. The van der Waals surface area contributed by atoms with Gasteiger partial charge in [-0.05, 0) is 39.7 Å². The van der Waals surface area contributed by atoms with Crippen LogP contribution in [0.15, 0.2) is 24.8 Å². The smallest absolute Gasteiger partial charge is 0.311 e. The highest BCUT2D eigenvalue weighted by molar-refractivity contribution is 5.75. The Morgan fingerprint density at radius 3 is 2.95 bits per heavy atom. The molecular formula is C16H23N3O2. The zero-order valence-corrected chi connectivity index (χ0v) is 13.0. The van der Waals surface area contributed by atoms with E-state index < -0.39 is 5.41 Å². The minimum absolute atomic E-state index is 0.107. The van der Waals surface area contributed by atoms with Gasteiger partial charge in [-0.2, -0.15) is 0 Å². The molecule has 2 rings (SSSR count). The molecule has 0 N–H and O–H groups in total. The van der Waals surface area contributed by atoms with Gasteiger partial charge in [0.25, 0.3) is 0 Å². The summed E-state index contributed by atoms with van der Waals surface area (Å²) in [5.74, 6) is -0.107. The van der Waals surface area contributed by atoms with Crippen LogP contribution < -0.4 is 0 Å². The van der Waals surface area contributed by atoms with E-state index in [1.165, 1.54) is 0 Å². The number of unbranched alkanes of at least 4 members (excludes halogenated alkanes) is 1. The van der Waals surface area contributed by atoms with Crippen LogP contribution in [0.3, 0.4) is 0 Å². The quantitative estimate of drug-likeness (QED) is 0.580. The van der Waals surface area contributed by atoms with Gasteiger partial charge in [-0.25, -0.2) is 4.98 Å². The summed E-state index contributed by atoms with van der Waals surface area (Å²) in [4.78, 5) is 20.2. The van der Waals surface area contributed by atoms with Crippen molar-refractivity contribution in [1.82, 2.24) is 14.5 Å². The lowest BCUT2D eigenvalue weighted by atomic mass is 9.87. The van der Waals surface area contributed by atoms with E-state index in [-0.39, 0.29) is 5.97 Å². The van der Waals surface area contributed by atoms with Crippen molar-refractivity contribution in [3.8, 4) is 0 Å². The highest BCUT2D eigenvalue weighted by atomic mass is 16.5. The van der Waals surface area contributed by atoms with Crippen molar-refractivity contribution in [3.05, 3.63) is 24.8 Å². The maximum absolute atomic E-state index is 11.8. The van der Waals surface area contributed by atoms with Crippen molar-refractivity contribution in [2.75, 3.05) is 6.61 Å². The lowest BCUT2D eigenvalue weighted by Gasteiger charge is -2.22. The highest BCUT2D eigenvalue weighted by Crippen LogP contribution is 2.25. The Kier molecular flexibility index (Phi) is 4.94. The molecule has 2 aromatic rings. The second kappa shape index (κ2) is 6.70. The molecule has 0 saturated carbocycles. The second-order valence-corrected chi connectivity index (χ2v) is 5.86. The number of carbonyl (C=O) groups excluding carboxylic acids is 1. The molecule has 0 spiro atoms. The molecule has 0 aromatic carbocycles. The SMILES string of the molecule is CCOC(=O)C(C)(C)CCCCn1cnc2cnccc21. The fourth-order valence-electron chi connectivity index (χ4n) is 2.37. The third-order valence-electron chi connectivity index (χ3n) is 3.70. The van der Waals surface area contributed by atoms with Crippen molar-refractivity contribution < 1.29 is 9.53 Å². The van der Waals surface area contributed by atoms with Crippen LogP contribution in [0, 0.1) is 5.41 Å². The standard InChI is InChI=1S/C16H23N3O2/c1-4-21-15(20)16(2,3)8-5-6-10-19-12-18-13-11-17-9-7-14(13)19/h7,9,11-12H,4-6,8,10H2,1-3H3. The summed E-state index contributed by atoms with van der Waals surface area (Å²) in [5, 5.41) is 0. The van der Waals surface area contributed by atoms with Crippen LogP contribution in [-0.4, -0.2) is 27.1 Å². The average Bonchev–Trinajstić information content (AvgIpc) is 2.87. The van der Waals surface area contributed by atoms with Gasteiger partial charge in [0.1, 0.15) is 5.52 Å². The third-order valence-corrected chi connectivity index (χ3v) is 3.70. The number of aromatic nitrogens is 3. The summed E-state index contributed by atoms with van der Waals surface area (Å²) in [6, 6.07) is 1.98. The highest BCUT2D eigenvalue weighted by Gasteiger charge is 2.28. The number of fused-ring (bicyclic) bond motifs is 1. The van der Waals surface area contributed by atoms with Gasteiger partial charge in [0.2, 0.25) is 0 Å². The predicted octanol–water partition coefficient (Wildman–Crippen LogP) is 3.19. The number of hydrogen-bond acceptors (Lipinski definition) is 4. The number of ether oxygens (including phenoxy) is 1. The number of nitrogens with zero attached hydrogens (tertiary/aromatic N) is 3. The fraction of sp³-hybridized carbons (Fsp3) is 0.562. The van der Waals surface area contributed by atoms with Gasteiger partial charge in [0.15, 0.2) is 0 Å². The van der Waals surface area contributed by atoms with E-state index in [0.29, 0.717) is 6.61 Å². The van der Waals surface area contributed by atoms with Crippen LogP contribution in [0.4, 0.5) is 0 Å². The van der Waals surface area contributed by atoms with E-state index in [0.717, 1.165) is 36.8 Å². The van der Waals surface area contributed by atoms with Gasteiger partial charge in [0, 0.05) is 12.7 Å². The van der Waals surface area contributed by atoms with E-state index in [9.17, 15) is 4.79 Å². The zero-order valence-electron chi connectivity index (χ0n) is 13.0. The molecule has 0 atom stereocenters. The summed E-state index contributed by atoms with van der Waals surface area (Å²) in [6.45, 7) is 7.08. The van der Waals surface area contributed by atoms with Gasteiger partial charge in [-0.15, -0.1) is 0 Å². The molecule has 0 saturated heterocycles. The van der Waals surface area contributed by atoms with E-state index in [2.05, 4.69) is 14.5 Å². The monoisotopic (exact) mass is 289 g/mol. The molecule has 0 fully saturated rings. The van der Waals surface area contributed by atoms with Crippen LogP contribution >= 0.6 is 0 Å². The van der Waals surface area contributed by atoms with E-state index in [1.807, 2.05) is 33.2 Å². The lowest BCUT2D eigenvalue weighted by molar-refractivity contribution is -0.153. The van der Waals surface area contributed by atoms with E-state index >= 15 is 0 Å². The van der Waals surface area contributed by atoms with Crippen molar-refractivity contribution in [1.29, 1.82) is 0 Å². The van der Waals surface area contributed by atoms with Gasteiger partial charge < -0.3 is 9.30 Å². The maximum Gasteiger partial charge on any atom is 0.311 e. The minimum atomic E-state index is -0.406. The summed E-state index contributed by atoms with van der Waals surface area (Å²) in [5.41, 5.74) is 1.62. The maximum atomic E-state index is 11.8. The van der Waals surface area contributed by atoms with E-state index in [1.54, 1.807) is 12.4 Å². The molecule has 114 valence electrons. The molecule has 2 aromatic heterocycles. The first-order valence-electron chi connectivity index (χ1n) is 7.46. The first kappa shape index (κ1) is 15.5. The summed E-state index contributed by atoms with van der Waals surface area (Å²) in [6.07, 6.45) is 8.23. The number of esters is 1. The van der Waals surface area contributed by atoms with Crippen LogP contribution in [0.1, 0.15) is 40.0 Å². The van der Waals surface area contributed by atoms with Crippen molar-refractivity contribution in [3.63, 3.8) is 0 Å². The Hall–Kier alpha value is -1.91. The molecule has 0 amide bonds. The molecule has 0 bridgehead atoms. The molecule has 0 aliphatic heterocycles. The molecule has 2 heterocycles.